The van der Waals surface area contributed by atoms with Crippen LogP contribution in [0.15, 0.2) is 23.0 Å². The van der Waals surface area contributed by atoms with E-state index < -0.39 is 0 Å². The molecule has 1 amide bonds. The van der Waals surface area contributed by atoms with Crippen molar-refractivity contribution in [1.29, 1.82) is 0 Å². The lowest BCUT2D eigenvalue weighted by molar-refractivity contribution is 0.235. The number of aromatic nitrogens is 1. The first-order chi connectivity index (χ1) is 9.65. The Morgan fingerprint density at radius 3 is 2.80 bits per heavy atom. The fourth-order valence-electron chi connectivity index (χ4n) is 2.61. The maximum atomic E-state index is 12.2. The summed E-state index contributed by atoms with van der Waals surface area (Å²) in [5.74, 6) is 0. The van der Waals surface area contributed by atoms with Gasteiger partial charge < -0.3 is 5.32 Å². The van der Waals surface area contributed by atoms with Gasteiger partial charge in [0, 0.05) is 11.1 Å². The van der Waals surface area contributed by atoms with Crippen LogP contribution in [0.2, 0.25) is 5.02 Å². The molecule has 3 rings (SSSR count). The molecule has 0 aliphatic heterocycles. The zero-order valence-electron chi connectivity index (χ0n) is 10.9. The Morgan fingerprint density at radius 1 is 1.30 bits per heavy atom. The number of rotatable bonds is 1. The SMILES string of the molecule is O=C(NC1CCCCC1)n1sc2cc(Cl)ccc2c1=O. The Kier molecular flexibility index (Phi) is 3.81. The van der Waals surface area contributed by atoms with Crippen molar-refractivity contribution >= 4 is 39.3 Å². The summed E-state index contributed by atoms with van der Waals surface area (Å²) < 4.78 is 1.93. The predicted octanol–water partition coefficient (Wildman–Crippen LogP) is 3.61. The van der Waals surface area contributed by atoms with Gasteiger partial charge in [-0.2, -0.15) is 3.96 Å². The number of amides is 1. The fraction of sp³-hybridized carbons (Fsp3) is 0.429. The number of hydrogen-bond acceptors (Lipinski definition) is 3. The van der Waals surface area contributed by atoms with Gasteiger partial charge >= 0.3 is 6.03 Å². The van der Waals surface area contributed by atoms with Crippen molar-refractivity contribution in [1.82, 2.24) is 9.27 Å². The van der Waals surface area contributed by atoms with E-state index in [0.29, 0.717) is 10.4 Å². The summed E-state index contributed by atoms with van der Waals surface area (Å²) in [5, 5.41) is 4.06. The van der Waals surface area contributed by atoms with Crippen molar-refractivity contribution in [3.05, 3.63) is 33.6 Å². The molecule has 6 heteroatoms. The second-order valence-electron chi connectivity index (χ2n) is 5.12. The lowest BCUT2D eigenvalue weighted by atomic mass is 9.96. The van der Waals surface area contributed by atoms with Crippen molar-refractivity contribution in [2.24, 2.45) is 0 Å². The van der Waals surface area contributed by atoms with Crippen LogP contribution in [-0.4, -0.2) is 16.0 Å². The summed E-state index contributed by atoms with van der Waals surface area (Å²) >= 11 is 7.05. The summed E-state index contributed by atoms with van der Waals surface area (Å²) in [6.07, 6.45) is 5.51. The molecule has 1 heterocycles. The van der Waals surface area contributed by atoms with Gasteiger partial charge in [0.25, 0.3) is 5.56 Å². The average molecular weight is 311 g/mol. The van der Waals surface area contributed by atoms with E-state index in [1.807, 2.05) is 0 Å². The molecule has 4 nitrogen and oxygen atoms in total. The molecular weight excluding hydrogens is 296 g/mol. The summed E-state index contributed by atoms with van der Waals surface area (Å²) in [7, 11) is 0. The van der Waals surface area contributed by atoms with Gasteiger partial charge in [-0.15, -0.1) is 0 Å². The number of hydrogen-bond donors (Lipinski definition) is 1. The smallest absolute Gasteiger partial charge is 0.334 e. The largest absolute Gasteiger partial charge is 0.338 e. The highest BCUT2D eigenvalue weighted by molar-refractivity contribution is 7.14. The third kappa shape index (κ3) is 2.60. The number of carbonyl (C=O) groups excluding carboxylic acids is 1. The Balaban J connectivity index is 1.87. The minimum atomic E-state index is -0.320. The lowest BCUT2D eigenvalue weighted by Crippen LogP contribution is -2.41. The van der Waals surface area contributed by atoms with E-state index in [9.17, 15) is 9.59 Å². The fourth-order valence-corrected chi connectivity index (χ4v) is 3.80. The van der Waals surface area contributed by atoms with Crippen LogP contribution >= 0.6 is 23.1 Å². The van der Waals surface area contributed by atoms with E-state index in [0.717, 1.165) is 41.9 Å². The van der Waals surface area contributed by atoms with Gasteiger partial charge in [0.2, 0.25) is 0 Å². The Morgan fingerprint density at radius 2 is 2.05 bits per heavy atom. The quantitative estimate of drug-likeness (QED) is 0.875. The molecule has 0 bridgehead atoms. The van der Waals surface area contributed by atoms with Gasteiger partial charge in [-0.05, 0) is 42.6 Å². The molecule has 1 fully saturated rings. The topological polar surface area (TPSA) is 51.1 Å². The van der Waals surface area contributed by atoms with Crippen LogP contribution in [0.4, 0.5) is 4.79 Å². The molecule has 1 aliphatic rings. The van der Waals surface area contributed by atoms with Crippen LogP contribution < -0.4 is 10.9 Å². The molecule has 1 aliphatic carbocycles. The van der Waals surface area contributed by atoms with E-state index >= 15 is 0 Å². The van der Waals surface area contributed by atoms with Gasteiger partial charge in [0.05, 0.1) is 10.1 Å². The number of halogens is 1. The molecule has 0 saturated heterocycles. The highest BCUT2D eigenvalue weighted by Crippen LogP contribution is 2.22. The second-order valence-corrected chi connectivity index (χ2v) is 6.54. The van der Waals surface area contributed by atoms with Gasteiger partial charge in [-0.1, -0.05) is 30.9 Å². The summed E-state index contributed by atoms with van der Waals surface area (Å²) in [6.45, 7) is 0. The molecule has 1 aromatic carbocycles. The van der Waals surface area contributed by atoms with E-state index in [2.05, 4.69) is 5.32 Å². The summed E-state index contributed by atoms with van der Waals surface area (Å²) in [5.41, 5.74) is -0.269. The van der Waals surface area contributed by atoms with Crippen molar-refractivity contribution in [2.75, 3.05) is 0 Å². The molecule has 1 saturated carbocycles. The zero-order chi connectivity index (χ0) is 14.1. The Labute approximate surface area is 125 Å². The van der Waals surface area contributed by atoms with Crippen molar-refractivity contribution in [2.45, 2.75) is 38.1 Å². The van der Waals surface area contributed by atoms with Crippen LogP contribution in [0.3, 0.4) is 0 Å². The number of nitrogens with one attached hydrogen (secondary N) is 1. The highest BCUT2D eigenvalue weighted by atomic mass is 35.5. The summed E-state index contributed by atoms with van der Waals surface area (Å²) in [4.78, 5) is 24.4. The van der Waals surface area contributed by atoms with E-state index in [1.165, 1.54) is 10.4 Å². The second kappa shape index (κ2) is 5.58. The first-order valence-corrected chi connectivity index (χ1v) is 7.93. The number of carbonyl (C=O) groups is 1. The van der Waals surface area contributed by atoms with Crippen LogP contribution in [0.25, 0.3) is 10.1 Å². The minimum Gasteiger partial charge on any atom is -0.334 e. The van der Waals surface area contributed by atoms with Crippen molar-refractivity contribution in [3.8, 4) is 0 Å². The van der Waals surface area contributed by atoms with E-state index in [4.69, 9.17) is 11.6 Å². The predicted molar refractivity (Wildman–Crippen MR) is 81.9 cm³/mol. The molecular formula is C14H15ClN2O2S. The zero-order valence-corrected chi connectivity index (χ0v) is 12.5. The normalized spacial score (nSPS) is 16.4. The van der Waals surface area contributed by atoms with Crippen LogP contribution in [0.1, 0.15) is 32.1 Å². The van der Waals surface area contributed by atoms with Crippen molar-refractivity contribution < 1.29 is 4.79 Å². The number of nitrogens with zero attached hydrogens (tertiary/aromatic N) is 1. The maximum absolute atomic E-state index is 12.2. The van der Waals surface area contributed by atoms with Crippen molar-refractivity contribution in [3.63, 3.8) is 0 Å². The van der Waals surface area contributed by atoms with E-state index in [-0.39, 0.29) is 17.6 Å². The maximum Gasteiger partial charge on any atom is 0.338 e. The first-order valence-electron chi connectivity index (χ1n) is 6.77. The monoisotopic (exact) mass is 310 g/mol. The molecule has 1 aromatic heterocycles. The van der Waals surface area contributed by atoms with Crippen LogP contribution in [-0.2, 0) is 0 Å². The third-order valence-electron chi connectivity index (χ3n) is 3.67. The van der Waals surface area contributed by atoms with Gasteiger partial charge in [-0.3, -0.25) is 4.79 Å². The highest BCUT2D eigenvalue weighted by Gasteiger charge is 2.19. The van der Waals surface area contributed by atoms with Crippen LogP contribution in [0.5, 0.6) is 0 Å². The average Bonchev–Trinajstić information content (AvgIpc) is 2.76. The molecule has 2 aromatic rings. The van der Waals surface area contributed by atoms with E-state index in [1.54, 1.807) is 18.2 Å². The molecule has 0 spiro atoms. The molecule has 0 radical (unpaired) electrons. The number of fused-ring (bicyclic) bond motifs is 1. The van der Waals surface area contributed by atoms with Gasteiger partial charge in [-0.25, -0.2) is 4.79 Å². The minimum absolute atomic E-state index is 0.192. The summed E-state index contributed by atoms with van der Waals surface area (Å²) in [6, 6.07) is 4.92. The van der Waals surface area contributed by atoms with Crippen LogP contribution in [0, 0.1) is 0 Å². The Bertz CT molecular complexity index is 701. The molecule has 1 N–H and O–H groups in total. The molecule has 0 atom stereocenters. The standard InChI is InChI=1S/C14H15ClN2O2S/c15-9-6-7-11-12(8-9)20-17(13(11)18)14(19)16-10-4-2-1-3-5-10/h6-8,10H,1-5H2,(H,16,19). The molecule has 20 heavy (non-hydrogen) atoms. The third-order valence-corrected chi connectivity index (χ3v) is 4.95. The van der Waals surface area contributed by atoms with Gasteiger partial charge in [0.1, 0.15) is 0 Å². The molecule has 0 unspecified atom stereocenters. The number of benzene rings is 1. The first kappa shape index (κ1) is 13.6. The van der Waals surface area contributed by atoms with Gasteiger partial charge in [0.15, 0.2) is 0 Å². The lowest BCUT2D eigenvalue weighted by Gasteiger charge is -2.22. The molecule has 106 valence electrons. The Hall–Kier alpha value is -1.33.